The first-order valence-electron chi connectivity index (χ1n) is 10.3. The van der Waals surface area contributed by atoms with Crippen molar-refractivity contribution in [2.75, 3.05) is 14.2 Å². The van der Waals surface area contributed by atoms with Gasteiger partial charge in [0.1, 0.15) is 22.8 Å². The Bertz CT molecular complexity index is 1340. The largest absolute Gasteiger partial charge is 0.497 e. The lowest BCUT2D eigenvalue weighted by Crippen LogP contribution is -2.25. The molecule has 2 aromatic heterocycles. The minimum Gasteiger partial charge on any atom is -0.497 e. The van der Waals surface area contributed by atoms with Crippen molar-refractivity contribution in [2.24, 2.45) is 0 Å². The van der Waals surface area contributed by atoms with E-state index >= 15 is 0 Å². The molecule has 0 aliphatic rings. The second kappa shape index (κ2) is 9.13. The minimum absolute atomic E-state index is 0.151. The van der Waals surface area contributed by atoms with E-state index in [1.54, 1.807) is 55.1 Å². The molecule has 2 aromatic carbocycles. The molecule has 0 saturated heterocycles. The van der Waals surface area contributed by atoms with Crippen molar-refractivity contribution in [3.05, 3.63) is 76.5 Å². The molecule has 8 heteroatoms. The Morgan fingerprint density at radius 1 is 1.03 bits per heavy atom. The van der Waals surface area contributed by atoms with Crippen molar-refractivity contribution in [3.63, 3.8) is 0 Å². The van der Waals surface area contributed by atoms with E-state index in [4.69, 9.17) is 9.47 Å². The quantitative estimate of drug-likeness (QED) is 0.458. The molecule has 0 spiro atoms. The smallest absolute Gasteiger partial charge is 0.275 e. The van der Waals surface area contributed by atoms with Gasteiger partial charge in [-0.15, -0.1) is 0 Å². The number of aryl methyl sites for hydroxylation is 1. The van der Waals surface area contributed by atoms with Gasteiger partial charge < -0.3 is 23.8 Å². The van der Waals surface area contributed by atoms with Gasteiger partial charge in [-0.2, -0.15) is 0 Å². The summed E-state index contributed by atoms with van der Waals surface area (Å²) in [5.74, 6) is 0.769. The number of rotatable bonds is 8. The summed E-state index contributed by atoms with van der Waals surface area (Å²) in [4.78, 5) is 25.3. The molecule has 0 aliphatic carbocycles. The Morgan fingerprint density at radius 3 is 2.66 bits per heavy atom. The lowest BCUT2D eigenvalue weighted by molar-refractivity contribution is -0.121. The fraction of sp³-hybridized carbons (Fsp3) is 0.250. The van der Waals surface area contributed by atoms with Crippen LogP contribution in [-0.2, 0) is 17.9 Å². The highest BCUT2D eigenvalue weighted by Gasteiger charge is 2.12. The van der Waals surface area contributed by atoms with Crippen molar-refractivity contribution in [2.45, 2.75) is 25.9 Å². The first-order chi connectivity index (χ1) is 15.5. The second-order valence-electron chi connectivity index (χ2n) is 7.41. The number of ether oxygens (including phenoxy) is 2. The molecule has 0 saturated carbocycles. The predicted octanol–water partition coefficient (Wildman–Crippen LogP) is 3.51. The molecule has 0 aliphatic heterocycles. The van der Waals surface area contributed by atoms with Gasteiger partial charge in [0.2, 0.25) is 5.91 Å². The molecule has 166 valence electrons. The number of methoxy groups -OCH3 is 2. The lowest BCUT2D eigenvalue weighted by atomic mass is 10.2. The molecule has 0 atom stereocenters. The van der Waals surface area contributed by atoms with E-state index in [0.29, 0.717) is 42.0 Å². The number of hydrogen-bond donors (Lipinski definition) is 1. The Hall–Kier alpha value is -3.81. The van der Waals surface area contributed by atoms with E-state index in [0.717, 1.165) is 11.1 Å². The number of nitrogens with one attached hydrogen (secondary N) is 1. The van der Waals surface area contributed by atoms with E-state index in [2.05, 4.69) is 5.32 Å². The highest BCUT2D eigenvalue weighted by atomic mass is 19.1. The third-order valence-corrected chi connectivity index (χ3v) is 5.45. The van der Waals surface area contributed by atoms with Gasteiger partial charge in [0.15, 0.2) is 0 Å². The van der Waals surface area contributed by atoms with E-state index in [1.807, 2.05) is 6.07 Å². The van der Waals surface area contributed by atoms with Crippen LogP contribution in [-0.4, -0.2) is 29.1 Å². The molecule has 7 nitrogen and oxygen atoms in total. The third kappa shape index (κ3) is 4.16. The Morgan fingerprint density at radius 2 is 1.88 bits per heavy atom. The number of benzene rings is 2. The van der Waals surface area contributed by atoms with Crippen LogP contribution in [0.1, 0.15) is 18.4 Å². The number of halogens is 1. The summed E-state index contributed by atoms with van der Waals surface area (Å²) in [5, 5.41) is 2.87. The summed E-state index contributed by atoms with van der Waals surface area (Å²) in [5.41, 5.74) is 2.34. The van der Waals surface area contributed by atoms with Crippen LogP contribution in [0.2, 0.25) is 0 Å². The average Bonchev–Trinajstić information content (AvgIpc) is 3.30. The number of amides is 1. The molecule has 0 radical (unpaired) electrons. The van der Waals surface area contributed by atoms with Crippen molar-refractivity contribution in [3.8, 4) is 11.5 Å². The van der Waals surface area contributed by atoms with Gasteiger partial charge in [-0.1, -0.05) is 0 Å². The summed E-state index contributed by atoms with van der Waals surface area (Å²) >= 11 is 0. The monoisotopic (exact) mass is 437 g/mol. The minimum atomic E-state index is -0.415. The van der Waals surface area contributed by atoms with Gasteiger partial charge in [-0.25, -0.2) is 4.39 Å². The van der Waals surface area contributed by atoms with Crippen molar-refractivity contribution in [1.82, 2.24) is 14.3 Å². The normalized spacial score (nSPS) is 11.1. The molecular weight excluding hydrogens is 413 g/mol. The van der Waals surface area contributed by atoms with Gasteiger partial charge in [-0.05, 0) is 55.0 Å². The zero-order chi connectivity index (χ0) is 22.7. The summed E-state index contributed by atoms with van der Waals surface area (Å²) in [7, 11) is 3.15. The fourth-order valence-corrected chi connectivity index (χ4v) is 3.85. The predicted molar refractivity (Wildman–Crippen MR) is 120 cm³/mol. The lowest BCUT2D eigenvalue weighted by Gasteiger charge is -2.13. The number of nitrogens with zero attached hydrogens (tertiary/aromatic N) is 2. The van der Waals surface area contributed by atoms with E-state index in [-0.39, 0.29) is 17.9 Å². The van der Waals surface area contributed by atoms with E-state index in [1.165, 1.54) is 16.7 Å². The number of aromatic nitrogens is 2. The van der Waals surface area contributed by atoms with Crippen molar-refractivity contribution >= 4 is 22.5 Å². The molecule has 0 bridgehead atoms. The first-order valence-corrected chi connectivity index (χ1v) is 10.3. The van der Waals surface area contributed by atoms with E-state index in [9.17, 15) is 14.0 Å². The topological polar surface area (TPSA) is 74.0 Å². The molecule has 0 unspecified atom stereocenters. The van der Waals surface area contributed by atoms with Gasteiger partial charge >= 0.3 is 0 Å². The number of fused-ring (bicyclic) bond motifs is 3. The SMILES string of the molecule is COc1ccc(OC)c(CNC(=O)CCCn2c(=O)c3cccn3c3ccc(F)cc32)c1. The molecular formula is C24H24FN3O4. The highest BCUT2D eigenvalue weighted by molar-refractivity contribution is 5.79. The van der Waals surface area contributed by atoms with Crippen LogP contribution in [0.4, 0.5) is 4.39 Å². The zero-order valence-electron chi connectivity index (χ0n) is 17.9. The van der Waals surface area contributed by atoms with Gasteiger partial charge in [0.25, 0.3) is 5.56 Å². The van der Waals surface area contributed by atoms with Gasteiger partial charge in [0.05, 0.1) is 25.3 Å². The zero-order valence-corrected chi connectivity index (χ0v) is 17.9. The molecule has 1 N–H and O–H groups in total. The van der Waals surface area contributed by atoms with Crippen LogP contribution < -0.4 is 20.3 Å². The van der Waals surface area contributed by atoms with Gasteiger partial charge in [0, 0.05) is 31.3 Å². The fourth-order valence-electron chi connectivity index (χ4n) is 3.85. The maximum Gasteiger partial charge on any atom is 0.275 e. The Kier molecular flexibility index (Phi) is 6.11. The number of carbonyl (C=O) groups excluding carboxylic acids is 1. The van der Waals surface area contributed by atoms with Crippen molar-refractivity contribution in [1.29, 1.82) is 0 Å². The van der Waals surface area contributed by atoms with Crippen LogP contribution in [0.15, 0.2) is 59.5 Å². The van der Waals surface area contributed by atoms with Gasteiger partial charge in [-0.3, -0.25) is 9.59 Å². The Balaban J connectivity index is 1.45. The third-order valence-electron chi connectivity index (χ3n) is 5.45. The van der Waals surface area contributed by atoms with Crippen LogP contribution >= 0.6 is 0 Å². The Labute approximate surface area is 184 Å². The molecule has 1 amide bonds. The maximum atomic E-state index is 13.9. The molecule has 4 aromatic rings. The van der Waals surface area contributed by atoms with Crippen LogP contribution in [0, 0.1) is 5.82 Å². The summed E-state index contributed by atoms with van der Waals surface area (Å²) in [6.45, 7) is 0.597. The summed E-state index contributed by atoms with van der Waals surface area (Å²) in [6.07, 6.45) is 2.44. The van der Waals surface area contributed by atoms with Crippen LogP contribution in [0.25, 0.3) is 16.6 Å². The number of carbonyl (C=O) groups is 1. The highest BCUT2D eigenvalue weighted by Crippen LogP contribution is 2.24. The number of hydrogen-bond acceptors (Lipinski definition) is 4. The van der Waals surface area contributed by atoms with Crippen molar-refractivity contribution < 1.29 is 18.7 Å². The van der Waals surface area contributed by atoms with Crippen LogP contribution in [0.5, 0.6) is 11.5 Å². The molecule has 2 heterocycles. The average molecular weight is 437 g/mol. The molecule has 0 fully saturated rings. The standard InChI is InChI=1S/C24H24FN3O4/c1-31-18-8-10-22(32-2)16(13-18)15-26-23(29)6-4-12-28-21-14-17(25)7-9-19(21)27-11-3-5-20(27)24(28)30/h3,5,7-11,13-14H,4,6,12,15H2,1-2H3,(H,26,29). The molecule has 4 rings (SSSR count). The first kappa shape index (κ1) is 21.4. The molecule has 32 heavy (non-hydrogen) atoms. The summed E-state index contributed by atoms with van der Waals surface area (Å²) < 4.78 is 27.7. The maximum absolute atomic E-state index is 13.9. The van der Waals surface area contributed by atoms with Crippen LogP contribution in [0.3, 0.4) is 0 Å². The summed E-state index contributed by atoms with van der Waals surface area (Å²) in [6, 6.07) is 13.3. The van der Waals surface area contributed by atoms with E-state index < -0.39 is 5.82 Å². The second-order valence-corrected chi connectivity index (χ2v) is 7.41.